The molecule has 1 unspecified atom stereocenters. The SMILES string of the molecule is COCC(C)N(C)C(=O)c1ccc(-n2ncc(C(=O)O)c2C(F)(F)F)cc1. The summed E-state index contributed by atoms with van der Waals surface area (Å²) in [6.07, 6.45) is -4.26. The number of hydrogen-bond acceptors (Lipinski definition) is 4. The van der Waals surface area contributed by atoms with Crippen molar-refractivity contribution in [1.82, 2.24) is 14.7 Å². The van der Waals surface area contributed by atoms with Crippen LogP contribution in [0.15, 0.2) is 30.5 Å². The van der Waals surface area contributed by atoms with E-state index in [1.54, 1.807) is 14.0 Å². The Bertz CT molecular complexity index is 831. The summed E-state index contributed by atoms with van der Waals surface area (Å²) in [4.78, 5) is 24.9. The van der Waals surface area contributed by atoms with Crippen LogP contribution in [0.5, 0.6) is 0 Å². The summed E-state index contributed by atoms with van der Waals surface area (Å²) in [7, 11) is 3.10. The number of rotatable bonds is 6. The van der Waals surface area contributed by atoms with E-state index in [4.69, 9.17) is 9.84 Å². The van der Waals surface area contributed by atoms with E-state index in [-0.39, 0.29) is 23.2 Å². The normalized spacial score (nSPS) is 12.7. The molecule has 2 rings (SSSR count). The van der Waals surface area contributed by atoms with Crippen molar-refractivity contribution in [2.45, 2.75) is 19.1 Å². The molecule has 1 heterocycles. The quantitative estimate of drug-likeness (QED) is 0.827. The maximum absolute atomic E-state index is 13.3. The number of halogens is 3. The zero-order valence-electron chi connectivity index (χ0n) is 14.8. The van der Waals surface area contributed by atoms with Gasteiger partial charge in [-0.25, -0.2) is 9.48 Å². The van der Waals surface area contributed by atoms with Gasteiger partial charge in [0.25, 0.3) is 5.91 Å². The van der Waals surface area contributed by atoms with Crippen LogP contribution in [0.1, 0.15) is 33.3 Å². The standard InChI is InChI=1S/C17H18F3N3O4/c1-10(9-27-3)22(2)15(24)11-4-6-12(7-5-11)23-14(17(18,19)20)13(8-21-23)16(25)26/h4-8,10H,9H2,1-3H3,(H,25,26). The Morgan fingerprint density at radius 2 is 1.89 bits per heavy atom. The lowest BCUT2D eigenvalue weighted by Crippen LogP contribution is -2.37. The smallest absolute Gasteiger partial charge is 0.434 e. The molecule has 146 valence electrons. The van der Waals surface area contributed by atoms with E-state index in [9.17, 15) is 22.8 Å². The van der Waals surface area contributed by atoms with Gasteiger partial charge in [-0.15, -0.1) is 0 Å². The fourth-order valence-electron chi connectivity index (χ4n) is 2.48. The number of nitrogens with zero attached hydrogens (tertiary/aromatic N) is 3. The number of methoxy groups -OCH3 is 1. The Morgan fingerprint density at radius 3 is 2.37 bits per heavy atom. The van der Waals surface area contributed by atoms with Gasteiger partial charge in [0.2, 0.25) is 0 Å². The van der Waals surface area contributed by atoms with Gasteiger partial charge in [-0.05, 0) is 31.2 Å². The van der Waals surface area contributed by atoms with Crippen LogP contribution in [0.2, 0.25) is 0 Å². The van der Waals surface area contributed by atoms with Crippen LogP contribution < -0.4 is 0 Å². The predicted molar refractivity (Wildman–Crippen MR) is 89.0 cm³/mol. The molecule has 0 saturated heterocycles. The number of aromatic nitrogens is 2. The van der Waals surface area contributed by atoms with E-state index in [0.29, 0.717) is 17.5 Å². The van der Waals surface area contributed by atoms with Gasteiger partial charge >= 0.3 is 12.1 Å². The number of likely N-dealkylation sites (N-methyl/N-ethyl adjacent to an activating group) is 1. The van der Waals surface area contributed by atoms with E-state index in [2.05, 4.69) is 5.10 Å². The molecule has 2 aromatic rings. The van der Waals surface area contributed by atoms with Crippen LogP contribution in [0.4, 0.5) is 13.2 Å². The first-order valence-corrected chi connectivity index (χ1v) is 7.83. The predicted octanol–water partition coefficient (Wildman–Crippen LogP) is 2.70. The van der Waals surface area contributed by atoms with Crippen molar-refractivity contribution in [2.24, 2.45) is 0 Å². The zero-order valence-corrected chi connectivity index (χ0v) is 14.8. The summed E-state index contributed by atoms with van der Waals surface area (Å²) >= 11 is 0. The number of amides is 1. The van der Waals surface area contributed by atoms with Crippen molar-refractivity contribution < 1.29 is 32.6 Å². The number of carbonyl (C=O) groups excluding carboxylic acids is 1. The highest BCUT2D eigenvalue weighted by Gasteiger charge is 2.40. The summed E-state index contributed by atoms with van der Waals surface area (Å²) < 4.78 is 45.3. The summed E-state index contributed by atoms with van der Waals surface area (Å²) in [6, 6.07) is 5.07. The third-order valence-corrected chi connectivity index (χ3v) is 4.02. The highest BCUT2D eigenvalue weighted by atomic mass is 19.4. The lowest BCUT2D eigenvalue weighted by Gasteiger charge is -2.24. The van der Waals surface area contributed by atoms with Crippen LogP contribution in [0.25, 0.3) is 5.69 Å². The molecule has 27 heavy (non-hydrogen) atoms. The second kappa shape index (κ2) is 7.78. The average Bonchev–Trinajstić information content (AvgIpc) is 3.06. The number of benzene rings is 1. The van der Waals surface area contributed by atoms with E-state index >= 15 is 0 Å². The fraction of sp³-hybridized carbons (Fsp3) is 0.353. The molecule has 0 aliphatic rings. The lowest BCUT2D eigenvalue weighted by atomic mass is 10.1. The molecule has 1 aromatic carbocycles. The van der Waals surface area contributed by atoms with Gasteiger partial charge in [0.15, 0.2) is 5.69 Å². The Kier molecular flexibility index (Phi) is 5.89. The molecule has 7 nitrogen and oxygen atoms in total. The third-order valence-electron chi connectivity index (χ3n) is 4.02. The number of aromatic carboxylic acids is 1. The van der Waals surface area contributed by atoms with Gasteiger partial charge in [0, 0.05) is 19.7 Å². The van der Waals surface area contributed by atoms with Crippen molar-refractivity contribution in [1.29, 1.82) is 0 Å². The Morgan fingerprint density at radius 1 is 1.30 bits per heavy atom. The number of carbonyl (C=O) groups is 2. The second-order valence-electron chi connectivity index (χ2n) is 5.89. The van der Waals surface area contributed by atoms with Crippen LogP contribution in [0.3, 0.4) is 0 Å². The van der Waals surface area contributed by atoms with Crippen molar-refractivity contribution >= 4 is 11.9 Å². The Balaban J connectivity index is 2.36. The van der Waals surface area contributed by atoms with Crippen LogP contribution in [-0.4, -0.2) is 58.5 Å². The average molecular weight is 385 g/mol. The largest absolute Gasteiger partial charge is 0.478 e. The van der Waals surface area contributed by atoms with Gasteiger partial charge in [-0.1, -0.05) is 0 Å². The molecule has 0 fully saturated rings. The monoisotopic (exact) mass is 385 g/mol. The molecule has 0 aliphatic heterocycles. The molecule has 1 N–H and O–H groups in total. The first kappa shape index (κ1) is 20.4. The number of carboxylic acid groups (broad SMARTS) is 1. The minimum Gasteiger partial charge on any atom is -0.478 e. The number of carboxylic acids is 1. The van der Waals surface area contributed by atoms with Crippen LogP contribution in [0, 0.1) is 0 Å². The molecule has 10 heteroatoms. The topological polar surface area (TPSA) is 84.7 Å². The van der Waals surface area contributed by atoms with Crippen molar-refractivity contribution in [3.8, 4) is 5.69 Å². The highest BCUT2D eigenvalue weighted by Crippen LogP contribution is 2.33. The van der Waals surface area contributed by atoms with Crippen LogP contribution >= 0.6 is 0 Å². The van der Waals surface area contributed by atoms with E-state index in [1.165, 1.54) is 36.3 Å². The molecule has 1 amide bonds. The first-order valence-electron chi connectivity index (χ1n) is 7.83. The van der Waals surface area contributed by atoms with Gasteiger partial charge < -0.3 is 14.7 Å². The molecule has 0 radical (unpaired) electrons. The fourth-order valence-corrected chi connectivity index (χ4v) is 2.48. The maximum atomic E-state index is 13.3. The molecule has 0 saturated carbocycles. The Hall–Kier alpha value is -2.88. The lowest BCUT2D eigenvalue weighted by molar-refractivity contribution is -0.143. The Labute approximate surface area is 153 Å². The summed E-state index contributed by atoms with van der Waals surface area (Å²) in [6.45, 7) is 2.13. The molecular weight excluding hydrogens is 367 g/mol. The molecule has 0 spiro atoms. The van der Waals surface area contributed by atoms with Crippen molar-refractivity contribution in [3.05, 3.63) is 47.3 Å². The highest BCUT2D eigenvalue weighted by molar-refractivity contribution is 5.94. The molecule has 1 aromatic heterocycles. The molecule has 1 atom stereocenters. The summed E-state index contributed by atoms with van der Waals surface area (Å²) in [5.41, 5.74) is -2.09. The van der Waals surface area contributed by atoms with E-state index in [1.807, 2.05) is 0 Å². The number of ether oxygens (including phenoxy) is 1. The molecular formula is C17H18F3N3O4. The van der Waals surface area contributed by atoms with Crippen molar-refractivity contribution in [3.63, 3.8) is 0 Å². The first-order chi connectivity index (χ1) is 12.6. The number of hydrogen-bond donors (Lipinski definition) is 1. The second-order valence-corrected chi connectivity index (χ2v) is 5.89. The van der Waals surface area contributed by atoms with E-state index < -0.39 is 23.4 Å². The minimum atomic E-state index is -4.91. The molecule has 0 aliphatic carbocycles. The van der Waals surface area contributed by atoms with Gasteiger partial charge in [-0.3, -0.25) is 4.79 Å². The summed E-state index contributed by atoms with van der Waals surface area (Å²) in [5, 5.41) is 12.5. The van der Waals surface area contributed by atoms with Gasteiger partial charge in [0.1, 0.15) is 5.56 Å². The molecule has 0 bridgehead atoms. The van der Waals surface area contributed by atoms with Gasteiger partial charge in [0.05, 0.1) is 24.5 Å². The third kappa shape index (κ3) is 4.27. The number of alkyl halides is 3. The van der Waals surface area contributed by atoms with Crippen LogP contribution in [-0.2, 0) is 10.9 Å². The van der Waals surface area contributed by atoms with Crippen molar-refractivity contribution in [2.75, 3.05) is 20.8 Å². The summed E-state index contributed by atoms with van der Waals surface area (Å²) in [5.74, 6) is -2.05. The van der Waals surface area contributed by atoms with E-state index in [0.717, 1.165) is 0 Å². The maximum Gasteiger partial charge on any atom is 0.434 e. The van der Waals surface area contributed by atoms with Gasteiger partial charge in [-0.2, -0.15) is 18.3 Å². The zero-order chi connectivity index (χ0) is 20.4. The minimum absolute atomic E-state index is 0.0148.